The third-order valence-electron chi connectivity index (χ3n) is 2.73. The zero-order valence-electron chi connectivity index (χ0n) is 10.1. The Kier molecular flexibility index (Phi) is 3.29. The van der Waals surface area contributed by atoms with Crippen molar-refractivity contribution in [2.75, 3.05) is 0 Å². The van der Waals surface area contributed by atoms with Gasteiger partial charge in [0.15, 0.2) is 6.29 Å². The average Bonchev–Trinajstić information content (AvgIpc) is 2.38. The number of carbonyl (C=O) groups excluding carboxylic acids is 1. The maximum absolute atomic E-state index is 13.4. The van der Waals surface area contributed by atoms with E-state index in [-0.39, 0.29) is 5.56 Å². The molecule has 1 aromatic carbocycles. The zero-order valence-corrected chi connectivity index (χ0v) is 10.1. The first kappa shape index (κ1) is 13.1. The first-order valence-electron chi connectivity index (χ1n) is 5.54. The molecule has 0 amide bonds. The van der Waals surface area contributed by atoms with Crippen molar-refractivity contribution in [3.05, 3.63) is 47.8 Å². The number of aromatic nitrogens is 1. The molecule has 0 aliphatic carbocycles. The lowest BCUT2D eigenvalue weighted by Gasteiger charge is -2.15. The number of hydrogen-bond acceptors (Lipinski definition) is 3. The van der Waals surface area contributed by atoms with Crippen LogP contribution in [0.1, 0.15) is 22.8 Å². The van der Waals surface area contributed by atoms with Gasteiger partial charge in [-0.1, -0.05) is 6.07 Å². The normalized spacial score (nSPS) is 11.3. The van der Waals surface area contributed by atoms with Crippen LogP contribution in [0.25, 0.3) is 11.1 Å². The van der Waals surface area contributed by atoms with Crippen LogP contribution in [0.2, 0.25) is 0 Å². The highest BCUT2D eigenvalue weighted by molar-refractivity contribution is 5.84. The third-order valence-corrected chi connectivity index (χ3v) is 2.73. The summed E-state index contributed by atoms with van der Waals surface area (Å²) in [6, 6.07) is 5.87. The second-order valence-corrected chi connectivity index (χ2v) is 4.21. The number of phenolic OH excluding ortho intramolecular Hbond substituents is 1. The summed E-state index contributed by atoms with van der Waals surface area (Å²) in [4.78, 5) is 14.8. The molecular formula is C14H11F2NO2. The van der Waals surface area contributed by atoms with Crippen LogP contribution in [-0.4, -0.2) is 16.4 Å². The first-order valence-corrected chi connectivity index (χ1v) is 5.54. The van der Waals surface area contributed by atoms with Gasteiger partial charge in [-0.3, -0.25) is 9.78 Å². The molecule has 0 radical (unpaired) electrons. The van der Waals surface area contributed by atoms with Gasteiger partial charge in [0, 0.05) is 24.9 Å². The molecule has 0 unspecified atom stereocenters. The number of rotatable bonds is 3. The van der Waals surface area contributed by atoms with E-state index in [2.05, 4.69) is 4.98 Å². The molecule has 1 heterocycles. The van der Waals surface area contributed by atoms with Crippen molar-refractivity contribution >= 4 is 6.29 Å². The highest BCUT2D eigenvalue weighted by Crippen LogP contribution is 2.38. The molecule has 98 valence electrons. The van der Waals surface area contributed by atoms with E-state index >= 15 is 0 Å². The van der Waals surface area contributed by atoms with Crippen LogP contribution in [-0.2, 0) is 5.92 Å². The molecule has 1 N–H and O–H groups in total. The SMILES string of the molecule is CC(F)(F)c1cc(-c2cccnc2)cc(C=O)c1O. The number of aldehydes is 1. The van der Waals surface area contributed by atoms with Crippen molar-refractivity contribution in [2.24, 2.45) is 0 Å². The minimum absolute atomic E-state index is 0.169. The lowest BCUT2D eigenvalue weighted by atomic mass is 9.97. The van der Waals surface area contributed by atoms with Gasteiger partial charge < -0.3 is 5.11 Å². The van der Waals surface area contributed by atoms with Crippen molar-refractivity contribution < 1.29 is 18.7 Å². The molecule has 0 fully saturated rings. The summed E-state index contributed by atoms with van der Waals surface area (Å²) in [5.74, 6) is -3.92. The van der Waals surface area contributed by atoms with Gasteiger partial charge in [0.05, 0.1) is 11.1 Å². The van der Waals surface area contributed by atoms with Crippen LogP contribution in [0.3, 0.4) is 0 Å². The van der Waals surface area contributed by atoms with Crippen molar-refractivity contribution in [2.45, 2.75) is 12.8 Å². The Morgan fingerprint density at radius 3 is 2.58 bits per heavy atom. The first-order chi connectivity index (χ1) is 8.93. The Morgan fingerprint density at radius 2 is 2.05 bits per heavy atom. The molecule has 0 spiro atoms. The van der Waals surface area contributed by atoms with Gasteiger partial charge in [0.25, 0.3) is 5.92 Å². The molecule has 5 heteroatoms. The van der Waals surface area contributed by atoms with Gasteiger partial charge in [-0.25, -0.2) is 8.78 Å². The van der Waals surface area contributed by atoms with Crippen molar-refractivity contribution in [3.63, 3.8) is 0 Å². The Morgan fingerprint density at radius 1 is 1.32 bits per heavy atom. The van der Waals surface area contributed by atoms with E-state index in [0.29, 0.717) is 24.3 Å². The number of benzene rings is 1. The zero-order chi connectivity index (χ0) is 14.0. The van der Waals surface area contributed by atoms with Crippen LogP contribution < -0.4 is 0 Å². The van der Waals surface area contributed by atoms with Gasteiger partial charge in [0.2, 0.25) is 0 Å². The Balaban J connectivity index is 2.68. The summed E-state index contributed by atoms with van der Waals surface area (Å²) in [6.07, 6.45) is 3.41. The second kappa shape index (κ2) is 4.76. The summed E-state index contributed by atoms with van der Waals surface area (Å²) in [5.41, 5.74) is 0.259. The summed E-state index contributed by atoms with van der Waals surface area (Å²) < 4.78 is 26.9. The lowest BCUT2D eigenvalue weighted by molar-refractivity contribution is 0.0152. The van der Waals surface area contributed by atoms with E-state index in [0.717, 1.165) is 0 Å². The van der Waals surface area contributed by atoms with Crippen LogP contribution >= 0.6 is 0 Å². The largest absolute Gasteiger partial charge is 0.507 e. The van der Waals surface area contributed by atoms with Crippen molar-refractivity contribution in [1.82, 2.24) is 4.98 Å². The highest BCUT2D eigenvalue weighted by Gasteiger charge is 2.30. The monoisotopic (exact) mass is 263 g/mol. The van der Waals surface area contributed by atoms with Gasteiger partial charge in [-0.2, -0.15) is 0 Å². The molecule has 0 atom stereocenters. The smallest absolute Gasteiger partial charge is 0.274 e. The maximum atomic E-state index is 13.4. The number of alkyl halides is 2. The fourth-order valence-electron chi connectivity index (χ4n) is 1.78. The summed E-state index contributed by atoms with van der Waals surface area (Å²) in [7, 11) is 0. The molecule has 0 aliphatic heterocycles. The van der Waals surface area contributed by atoms with E-state index in [9.17, 15) is 18.7 Å². The maximum Gasteiger partial charge on any atom is 0.274 e. The number of nitrogens with zero attached hydrogens (tertiary/aromatic N) is 1. The Labute approximate surface area is 108 Å². The van der Waals surface area contributed by atoms with Gasteiger partial charge in [0.1, 0.15) is 5.75 Å². The topological polar surface area (TPSA) is 50.2 Å². The number of halogens is 2. The molecule has 0 bridgehead atoms. The predicted molar refractivity (Wildman–Crippen MR) is 66.3 cm³/mol. The third kappa shape index (κ3) is 2.59. The Hall–Kier alpha value is -2.30. The van der Waals surface area contributed by atoms with E-state index in [1.165, 1.54) is 18.3 Å². The molecule has 1 aromatic heterocycles. The number of phenols is 1. The molecule has 0 saturated heterocycles. The lowest BCUT2D eigenvalue weighted by Crippen LogP contribution is -2.08. The minimum atomic E-state index is -3.24. The fourth-order valence-corrected chi connectivity index (χ4v) is 1.78. The molecule has 2 aromatic rings. The molecule has 19 heavy (non-hydrogen) atoms. The number of aromatic hydroxyl groups is 1. The van der Waals surface area contributed by atoms with E-state index in [1.54, 1.807) is 18.3 Å². The molecule has 3 nitrogen and oxygen atoms in total. The van der Waals surface area contributed by atoms with Crippen molar-refractivity contribution in [3.8, 4) is 16.9 Å². The average molecular weight is 263 g/mol. The number of carbonyl (C=O) groups is 1. The second-order valence-electron chi connectivity index (χ2n) is 4.21. The number of pyridine rings is 1. The van der Waals surface area contributed by atoms with Crippen LogP contribution in [0.15, 0.2) is 36.7 Å². The minimum Gasteiger partial charge on any atom is -0.507 e. The highest BCUT2D eigenvalue weighted by atomic mass is 19.3. The molecular weight excluding hydrogens is 252 g/mol. The molecule has 0 saturated carbocycles. The van der Waals surface area contributed by atoms with E-state index in [1.807, 2.05) is 0 Å². The van der Waals surface area contributed by atoms with Crippen molar-refractivity contribution in [1.29, 1.82) is 0 Å². The van der Waals surface area contributed by atoms with Gasteiger partial charge in [-0.15, -0.1) is 0 Å². The van der Waals surface area contributed by atoms with Crippen LogP contribution in [0.4, 0.5) is 8.78 Å². The number of hydrogen-bond donors (Lipinski definition) is 1. The standard InChI is InChI=1S/C14H11F2NO2/c1-14(15,16)12-6-10(5-11(8-18)13(12)19)9-3-2-4-17-7-9/h2-8,19H,1H3. The molecule has 2 rings (SSSR count). The van der Waals surface area contributed by atoms with Crippen LogP contribution in [0.5, 0.6) is 5.75 Å². The fraction of sp³-hybridized carbons (Fsp3) is 0.143. The Bertz CT molecular complexity index is 607. The van der Waals surface area contributed by atoms with E-state index in [4.69, 9.17) is 0 Å². The van der Waals surface area contributed by atoms with Gasteiger partial charge >= 0.3 is 0 Å². The summed E-state index contributed by atoms with van der Waals surface area (Å²) >= 11 is 0. The predicted octanol–water partition coefficient (Wildman–Crippen LogP) is 3.38. The summed E-state index contributed by atoms with van der Waals surface area (Å²) in [5, 5.41) is 9.67. The van der Waals surface area contributed by atoms with Gasteiger partial charge in [-0.05, 0) is 23.8 Å². The van der Waals surface area contributed by atoms with Crippen LogP contribution in [0, 0.1) is 0 Å². The summed E-state index contributed by atoms with van der Waals surface area (Å²) in [6.45, 7) is 0.670. The molecule has 0 aliphatic rings. The quantitative estimate of drug-likeness (QED) is 0.864. The van der Waals surface area contributed by atoms with E-state index < -0.39 is 17.2 Å².